The third kappa shape index (κ3) is 4.49. The first-order valence-corrected chi connectivity index (χ1v) is 8.59. The number of benzene rings is 1. The van der Waals surface area contributed by atoms with Gasteiger partial charge in [0.15, 0.2) is 5.96 Å². The van der Waals surface area contributed by atoms with Crippen LogP contribution in [0, 0.1) is 5.82 Å². The summed E-state index contributed by atoms with van der Waals surface area (Å²) < 4.78 is 14.9. The molecule has 0 atom stereocenters. The topological polar surface area (TPSA) is 48.7 Å². The molecule has 0 unspecified atom stereocenters. The van der Waals surface area contributed by atoms with Crippen molar-refractivity contribution in [3.8, 4) is 0 Å². The molecule has 0 radical (unpaired) electrons. The predicted molar refractivity (Wildman–Crippen MR) is 98.5 cm³/mol. The Morgan fingerprint density at radius 1 is 1.20 bits per heavy atom. The molecule has 1 aliphatic rings. The number of aliphatic imine (C=N–C) groups is 1. The van der Waals surface area contributed by atoms with Crippen LogP contribution in [-0.2, 0) is 13.5 Å². The molecule has 3 rings (SSSR count). The second-order valence-electron chi connectivity index (χ2n) is 6.20. The van der Waals surface area contributed by atoms with Gasteiger partial charge in [-0.05, 0) is 36.2 Å². The van der Waals surface area contributed by atoms with Crippen molar-refractivity contribution in [2.45, 2.75) is 6.42 Å². The number of nitrogens with one attached hydrogen (secondary N) is 1. The van der Waals surface area contributed by atoms with Crippen LogP contribution in [0.4, 0.5) is 10.1 Å². The average molecular weight is 344 g/mol. The van der Waals surface area contributed by atoms with Gasteiger partial charge in [0, 0.05) is 58.7 Å². The highest BCUT2D eigenvalue weighted by atomic mass is 19.1. The van der Waals surface area contributed by atoms with Gasteiger partial charge in [-0.3, -0.25) is 9.67 Å². The van der Waals surface area contributed by atoms with Crippen LogP contribution in [-0.4, -0.2) is 60.4 Å². The minimum Gasteiger partial charge on any atom is -0.368 e. The summed E-state index contributed by atoms with van der Waals surface area (Å²) in [5.41, 5.74) is 2.28. The number of halogens is 1. The first-order valence-electron chi connectivity index (χ1n) is 8.59. The zero-order valence-corrected chi connectivity index (χ0v) is 14.8. The number of guanidine groups is 1. The number of hydrogen-bond acceptors (Lipinski definition) is 3. The Morgan fingerprint density at radius 2 is 1.92 bits per heavy atom. The summed E-state index contributed by atoms with van der Waals surface area (Å²) in [6.07, 6.45) is 4.85. The SMILES string of the molecule is CN=C(NCCc1cnn(C)c1)N1CCN(c2ccc(F)cc2)CC1. The van der Waals surface area contributed by atoms with Crippen LogP contribution >= 0.6 is 0 Å². The van der Waals surface area contributed by atoms with Crippen molar-refractivity contribution in [2.24, 2.45) is 12.0 Å². The molecule has 25 heavy (non-hydrogen) atoms. The molecule has 1 fully saturated rings. The molecule has 0 aliphatic carbocycles. The number of piperazine rings is 1. The lowest BCUT2D eigenvalue weighted by molar-refractivity contribution is 0.373. The lowest BCUT2D eigenvalue weighted by Crippen LogP contribution is -2.52. The fourth-order valence-electron chi connectivity index (χ4n) is 3.08. The predicted octanol–water partition coefficient (Wildman–Crippen LogP) is 1.50. The van der Waals surface area contributed by atoms with E-state index in [1.807, 2.05) is 43.3 Å². The van der Waals surface area contributed by atoms with E-state index >= 15 is 0 Å². The second-order valence-corrected chi connectivity index (χ2v) is 6.20. The maximum Gasteiger partial charge on any atom is 0.193 e. The van der Waals surface area contributed by atoms with Gasteiger partial charge in [-0.15, -0.1) is 0 Å². The molecule has 6 nitrogen and oxygen atoms in total. The van der Waals surface area contributed by atoms with Gasteiger partial charge in [-0.25, -0.2) is 4.39 Å². The molecule has 0 spiro atoms. The van der Waals surface area contributed by atoms with Crippen molar-refractivity contribution < 1.29 is 4.39 Å². The Hall–Kier alpha value is -2.57. The Labute approximate surface area is 148 Å². The molecule has 0 bridgehead atoms. The molecule has 1 aliphatic heterocycles. The van der Waals surface area contributed by atoms with Gasteiger partial charge in [0.05, 0.1) is 6.20 Å². The maximum absolute atomic E-state index is 13.1. The zero-order valence-electron chi connectivity index (χ0n) is 14.8. The minimum atomic E-state index is -0.194. The number of aryl methyl sites for hydroxylation is 1. The van der Waals surface area contributed by atoms with Crippen LogP contribution in [0.3, 0.4) is 0 Å². The Bertz CT molecular complexity index is 701. The molecule has 1 aromatic carbocycles. The van der Waals surface area contributed by atoms with Gasteiger partial charge < -0.3 is 15.1 Å². The molecule has 7 heteroatoms. The molecule has 2 aromatic rings. The number of nitrogens with zero attached hydrogens (tertiary/aromatic N) is 5. The van der Waals surface area contributed by atoms with Gasteiger partial charge in [-0.1, -0.05) is 0 Å². The molecular formula is C18H25FN6. The van der Waals surface area contributed by atoms with E-state index in [1.165, 1.54) is 17.7 Å². The number of rotatable bonds is 4. The van der Waals surface area contributed by atoms with Crippen molar-refractivity contribution in [3.63, 3.8) is 0 Å². The molecule has 2 heterocycles. The van der Waals surface area contributed by atoms with Crippen molar-refractivity contribution in [1.82, 2.24) is 20.0 Å². The Balaban J connectivity index is 1.47. The van der Waals surface area contributed by atoms with Gasteiger partial charge in [0.1, 0.15) is 5.82 Å². The largest absolute Gasteiger partial charge is 0.368 e. The van der Waals surface area contributed by atoms with E-state index in [0.29, 0.717) is 0 Å². The standard InChI is InChI=1S/C18H25FN6/c1-20-18(21-8-7-15-13-22-23(2)14-15)25-11-9-24(10-12-25)17-5-3-16(19)4-6-17/h3-6,13-14H,7-12H2,1-2H3,(H,20,21). The van der Waals surface area contributed by atoms with Gasteiger partial charge >= 0.3 is 0 Å². The first kappa shape index (κ1) is 17.3. The van der Waals surface area contributed by atoms with Gasteiger partial charge in [-0.2, -0.15) is 5.10 Å². The van der Waals surface area contributed by atoms with E-state index in [9.17, 15) is 4.39 Å². The lowest BCUT2D eigenvalue weighted by atomic mass is 10.2. The first-order chi connectivity index (χ1) is 12.2. The summed E-state index contributed by atoms with van der Waals surface area (Å²) in [5, 5.41) is 7.62. The van der Waals surface area contributed by atoms with Crippen LogP contribution in [0.2, 0.25) is 0 Å². The molecule has 134 valence electrons. The van der Waals surface area contributed by atoms with E-state index in [1.54, 1.807) is 0 Å². The fraction of sp³-hybridized carbons (Fsp3) is 0.444. The van der Waals surface area contributed by atoms with E-state index in [0.717, 1.165) is 50.8 Å². The third-order valence-electron chi connectivity index (χ3n) is 4.44. The number of anilines is 1. The molecule has 1 N–H and O–H groups in total. The average Bonchev–Trinajstić information content (AvgIpc) is 3.05. The maximum atomic E-state index is 13.1. The van der Waals surface area contributed by atoms with Crippen LogP contribution in [0.15, 0.2) is 41.7 Å². The Morgan fingerprint density at radius 3 is 2.52 bits per heavy atom. The quantitative estimate of drug-likeness (QED) is 0.675. The van der Waals surface area contributed by atoms with E-state index in [4.69, 9.17) is 0 Å². The Kier molecular flexibility index (Phi) is 5.53. The van der Waals surface area contributed by atoms with Crippen LogP contribution < -0.4 is 10.2 Å². The van der Waals surface area contributed by atoms with E-state index < -0.39 is 0 Å². The molecular weight excluding hydrogens is 319 g/mol. The van der Waals surface area contributed by atoms with Crippen LogP contribution in [0.25, 0.3) is 0 Å². The summed E-state index contributed by atoms with van der Waals surface area (Å²) in [7, 11) is 3.75. The summed E-state index contributed by atoms with van der Waals surface area (Å²) >= 11 is 0. The highest BCUT2D eigenvalue weighted by molar-refractivity contribution is 5.80. The van der Waals surface area contributed by atoms with Crippen molar-refractivity contribution in [2.75, 3.05) is 44.7 Å². The lowest BCUT2D eigenvalue weighted by Gasteiger charge is -2.37. The highest BCUT2D eigenvalue weighted by Crippen LogP contribution is 2.16. The van der Waals surface area contributed by atoms with Crippen LogP contribution in [0.1, 0.15) is 5.56 Å². The fourth-order valence-corrected chi connectivity index (χ4v) is 3.08. The van der Waals surface area contributed by atoms with E-state index in [-0.39, 0.29) is 5.82 Å². The minimum absolute atomic E-state index is 0.194. The molecule has 1 saturated heterocycles. The monoisotopic (exact) mass is 344 g/mol. The summed E-state index contributed by atoms with van der Waals surface area (Å²) in [6.45, 7) is 4.41. The molecule has 0 saturated carbocycles. The van der Waals surface area contributed by atoms with Gasteiger partial charge in [0.25, 0.3) is 0 Å². The highest BCUT2D eigenvalue weighted by Gasteiger charge is 2.19. The number of aromatic nitrogens is 2. The molecule has 0 amide bonds. The smallest absolute Gasteiger partial charge is 0.193 e. The van der Waals surface area contributed by atoms with Crippen molar-refractivity contribution in [3.05, 3.63) is 48.0 Å². The van der Waals surface area contributed by atoms with Crippen molar-refractivity contribution in [1.29, 1.82) is 0 Å². The van der Waals surface area contributed by atoms with Gasteiger partial charge in [0.2, 0.25) is 0 Å². The zero-order chi connectivity index (χ0) is 17.6. The van der Waals surface area contributed by atoms with Crippen molar-refractivity contribution >= 4 is 11.6 Å². The summed E-state index contributed by atoms with van der Waals surface area (Å²) in [5.74, 6) is 0.739. The normalized spacial score (nSPS) is 15.6. The molecule has 1 aromatic heterocycles. The number of hydrogen-bond donors (Lipinski definition) is 1. The third-order valence-corrected chi connectivity index (χ3v) is 4.44. The van der Waals surface area contributed by atoms with Crippen LogP contribution in [0.5, 0.6) is 0 Å². The summed E-state index contributed by atoms with van der Waals surface area (Å²) in [6, 6.07) is 6.71. The second kappa shape index (κ2) is 8.00. The summed E-state index contributed by atoms with van der Waals surface area (Å²) in [4.78, 5) is 8.94. The van der Waals surface area contributed by atoms with E-state index in [2.05, 4.69) is 25.2 Å².